The van der Waals surface area contributed by atoms with Crippen molar-refractivity contribution in [3.05, 3.63) is 35.4 Å². The Kier molecular flexibility index (Phi) is 6.24. The van der Waals surface area contributed by atoms with Gasteiger partial charge in [0.2, 0.25) is 5.91 Å². The van der Waals surface area contributed by atoms with Crippen LogP contribution in [0.15, 0.2) is 24.3 Å². The van der Waals surface area contributed by atoms with Gasteiger partial charge in [0.15, 0.2) is 0 Å². The highest BCUT2D eigenvalue weighted by molar-refractivity contribution is 5.85. The van der Waals surface area contributed by atoms with Crippen molar-refractivity contribution in [3.63, 3.8) is 0 Å². The highest BCUT2D eigenvalue weighted by Gasteiger charge is 2.25. The summed E-state index contributed by atoms with van der Waals surface area (Å²) >= 11 is 0. The normalized spacial score (nSPS) is 27.4. The first-order valence-corrected chi connectivity index (χ1v) is 7.94. The molecule has 22 heavy (non-hydrogen) atoms. The summed E-state index contributed by atoms with van der Waals surface area (Å²) in [6, 6.07) is 9.07. The van der Waals surface area contributed by atoms with Crippen LogP contribution in [-0.2, 0) is 16.0 Å². The van der Waals surface area contributed by atoms with Gasteiger partial charge in [0.25, 0.3) is 0 Å². The first-order chi connectivity index (χ1) is 10.2. The Morgan fingerprint density at radius 2 is 2.23 bits per heavy atom. The lowest BCUT2D eigenvalue weighted by molar-refractivity contribution is -0.125. The molecule has 2 heterocycles. The van der Waals surface area contributed by atoms with Crippen LogP contribution in [0.2, 0.25) is 0 Å². The summed E-state index contributed by atoms with van der Waals surface area (Å²) in [6.07, 6.45) is 3.30. The first kappa shape index (κ1) is 17.3. The van der Waals surface area contributed by atoms with E-state index < -0.39 is 0 Å². The molecule has 4 nitrogen and oxygen atoms in total. The minimum atomic E-state index is -0.0888. The molecule has 122 valence electrons. The maximum absolute atomic E-state index is 12.3. The third-order valence-corrected chi connectivity index (χ3v) is 4.45. The molecule has 0 aliphatic carbocycles. The van der Waals surface area contributed by atoms with E-state index in [9.17, 15) is 4.79 Å². The van der Waals surface area contributed by atoms with Crippen LogP contribution in [0.1, 0.15) is 43.4 Å². The van der Waals surface area contributed by atoms with Gasteiger partial charge in [-0.1, -0.05) is 24.3 Å². The maximum Gasteiger partial charge on any atom is 0.223 e. The molecule has 1 fully saturated rings. The van der Waals surface area contributed by atoms with Crippen LogP contribution in [0.3, 0.4) is 0 Å². The molecule has 2 aliphatic heterocycles. The summed E-state index contributed by atoms with van der Waals surface area (Å²) in [4.78, 5) is 12.3. The smallest absolute Gasteiger partial charge is 0.223 e. The van der Waals surface area contributed by atoms with Crippen molar-refractivity contribution < 1.29 is 9.53 Å². The number of hydrogen-bond acceptors (Lipinski definition) is 3. The molecule has 1 saturated heterocycles. The van der Waals surface area contributed by atoms with Crippen LogP contribution < -0.4 is 10.6 Å². The third kappa shape index (κ3) is 4.22. The topological polar surface area (TPSA) is 50.4 Å². The predicted octanol–water partition coefficient (Wildman–Crippen LogP) is 2.37. The fourth-order valence-electron chi connectivity index (χ4n) is 3.36. The van der Waals surface area contributed by atoms with Crippen molar-refractivity contribution in [2.24, 2.45) is 0 Å². The minimum Gasteiger partial charge on any atom is -0.373 e. The second kappa shape index (κ2) is 7.95. The number of carbonyl (C=O) groups is 1. The highest BCUT2D eigenvalue weighted by Crippen LogP contribution is 2.29. The molecule has 3 rings (SSSR count). The molecule has 1 amide bonds. The summed E-state index contributed by atoms with van der Waals surface area (Å²) in [5, 5.41) is 6.57. The second-order valence-electron chi connectivity index (χ2n) is 6.16. The zero-order chi connectivity index (χ0) is 14.7. The van der Waals surface area contributed by atoms with E-state index in [4.69, 9.17) is 4.74 Å². The number of piperidine rings is 1. The van der Waals surface area contributed by atoms with Crippen molar-refractivity contribution in [3.8, 4) is 0 Å². The molecule has 0 bridgehead atoms. The van der Waals surface area contributed by atoms with Gasteiger partial charge in [-0.2, -0.15) is 0 Å². The highest BCUT2D eigenvalue weighted by atomic mass is 35.5. The summed E-state index contributed by atoms with van der Waals surface area (Å²) in [5.41, 5.74) is 2.50. The van der Waals surface area contributed by atoms with Gasteiger partial charge in [-0.25, -0.2) is 0 Å². The number of amides is 1. The zero-order valence-corrected chi connectivity index (χ0v) is 13.8. The van der Waals surface area contributed by atoms with Crippen LogP contribution in [0, 0.1) is 0 Å². The number of benzene rings is 1. The van der Waals surface area contributed by atoms with E-state index in [2.05, 4.69) is 35.8 Å². The van der Waals surface area contributed by atoms with Crippen LogP contribution >= 0.6 is 12.4 Å². The van der Waals surface area contributed by atoms with Gasteiger partial charge in [0, 0.05) is 12.1 Å². The number of rotatable bonds is 3. The molecule has 2 aliphatic rings. The van der Waals surface area contributed by atoms with Crippen LogP contribution in [0.25, 0.3) is 0 Å². The van der Waals surface area contributed by atoms with Gasteiger partial charge in [0.1, 0.15) is 0 Å². The maximum atomic E-state index is 12.3. The van der Waals surface area contributed by atoms with Gasteiger partial charge in [-0.3, -0.25) is 4.79 Å². The molecule has 0 aromatic heterocycles. The zero-order valence-electron chi connectivity index (χ0n) is 13.0. The molecule has 3 unspecified atom stereocenters. The van der Waals surface area contributed by atoms with Crippen LogP contribution in [0.5, 0.6) is 0 Å². The Labute approximate surface area is 138 Å². The Morgan fingerprint density at radius 1 is 1.41 bits per heavy atom. The average molecular weight is 325 g/mol. The number of fused-ring (bicyclic) bond motifs is 1. The Balaban J connectivity index is 0.00000176. The number of ether oxygens (including phenoxy) is 1. The fourth-order valence-corrected chi connectivity index (χ4v) is 3.36. The summed E-state index contributed by atoms with van der Waals surface area (Å²) in [6.45, 7) is 3.85. The number of nitrogens with one attached hydrogen (secondary N) is 2. The van der Waals surface area contributed by atoms with Gasteiger partial charge in [-0.15, -0.1) is 12.4 Å². The quantitative estimate of drug-likeness (QED) is 0.897. The average Bonchev–Trinajstić information content (AvgIpc) is 2.47. The second-order valence-corrected chi connectivity index (χ2v) is 6.16. The molecule has 0 radical (unpaired) electrons. The number of halogens is 1. The van der Waals surface area contributed by atoms with Gasteiger partial charge >= 0.3 is 0 Å². The Morgan fingerprint density at radius 3 is 3.05 bits per heavy atom. The Bertz CT molecular complexity index is 509. The monoisotopic (exact) mass is 324 g/mol. The van der Waals surface area contributed by atoms with Gasteiger partial charge in [0.05, 0.1) is 19.1 Å². The molecule has 1 aromatic rings. The van der Waals surface area contributed by atoms with E-state index in [1.54, 1.807) is 0 Å². The van der Waals surface area contributed by atoms with Crippen LogP contribution in [-0.4, -0.2) is 31.1 Å². The summed E-state index contributed by atoms with van der Waals surface area (Å²) in [5.74, 6) is 0.107. The van der Waals surface area contributed by atoms with Gasteiger partial charge in [-0.05, 0) is 43.9 Å². The molecule has 0 spiro atoms. The predicted molar refractivity (Wildman–Crippen MR) is 89.3 cm³/mol. The van der Waals surface area contributed by atoms with E-state index in [1.165, 1.54) is 11.1 Å². The van der Waals surface area contributed by atoms with Gasteiger partial charge < -0.3 is 15.4 Å². The van der Waals surface area contributed by atoms with Crippen molar-refractivity contribution in [2.45, 2.75) is 50.8 Å². The lowest BCUT2D eigenvalue weighted by Crippen LogP contribution is -2.46. The largest absolute Gasteiger partial charge is 0.373 e. The van der Waals surface area contributed by atoms with Crippen molar-refractivity contribution in [1.82, 2.24) is 10.6 Å². The molecule has 1 aromatic carbocycles. The lowest BCUT2D eigenvalue weighted by Gasteiger charge is -2.30. The Hall–Kier alpha value is -1.10. The first-order valence-electron chi connectivity index (χ1n) is 7.94. The molecular formula is C17H25ClN2O2. The van der Waals surface area contributed by atoms with E-state index in [-0.39, 0.29) is 24.4 Å². The molecule has 0 saturated carbocycles. The molecule has 5 heteroatoms. The number of hydrogen-bond donors (Lipinski definition) is 2. The third-order valence-electron chi connectivity index (χ3n) is 4.45. The lowest BCUT2D eigenvalue weighted by atomic mass is 9.95. The molecular weight excluding hydrogens is 300 g/mol. The SMILES string of the molecule is CC1CC(NC(=O)CC2OCCc3ccccc32)CCN1.Cl. The fraction of sp³-hybridized carbons (Fsp3) is 0.588. The van der Waals surface area contributed by atoms with E-state index >= 15 is 0 Å². The van der Waals surface area contributed by atoms with E-state index in [1.807, 2.05) is 6.07 Å². The molecule has 2 N–H and O–H groups in total. The van der Waals surface area contributed by atoms with E-state index in [0.29, 0.717) is 25.1 Å². The number of carbonyl (C=O) groups excluding carboxylic acids is 1. The minimum absolute atomic E-state index is 0. The van der Waals surface area contributed by atoms with Crippen LogP contribution in [0.4, 0.5) is 0 Å². The summed E-state index contributed by atoms with van der Waals surface area (Å²) in [7, 11) is 0. The molecule has 3 atom stereocenters. The van der Waals surface area contributed by atoms with Crippen molar-refractivity contribution in [1.29, 1.82) is 0 Å². The summed E-state index contributed by atoms with van der Waals surface area (Å²) < 4.78 is 5.81. The standard InChI is InChI=1S/C17H24N2O2.ClH/c1-12-10-14(6-8-18-12)19-17(20)11-16-15-5-3-2-4-13(15)7-9-21-16;/h2-5,12,14,16,18H,6-11H2,1H3,(H,19,20);1H. The van der Waals surface area contributed by atoms with Crippen molar-refractivity contribution in [2.75, 3.05) is 13.2 Å². The van der Waals surface area contributed by atoms with Crippen molar-refractivity contribution >= 4 is 18.3 Å². The van der Waals surface area contributed by atoms with E-state index in [0.717, 1.165) is 25.8 Å².